The standard InChI is InChI=1S/C20H20FN7O/c1-12(2)9-17(19-23-15-5-3-4-6-16(15)24-19)25-20(29)14-10-13(21)7-8-18(14)28-11-22-26-27-28/h3-8,10-12,17H,9H2,1-2H3,(H,23,24)(H,25,29). The third-order valence-corrected chi connectivity index (χ3v) is 4.55. The molecule has 1 amide bonds. The van der Waals surface area contributed by atoms with E-state index in [1.165, 1.54) is 29.2 Å². The molecule has 0 bridgehead atoms. The lowest BCUT2D eigenvalue weighted by Crippen LogP contribution is -2.31. The lowest BCUT2D eigenvalue weighted by molar-refractivity contribution is 0.0929. The number of hydrogen-bond donors (Lipinski definition) is 2. The highest BCUT2D eigenvalue weighted by Gasteiger charge is 2.23. The van der Waals surface area contributed by atoms with Crippen molar-refractivity contribution < 1.29 is 9.18 Å². The first-order valence-corrected chi connectivity index (χ1v) is 9.29. The average molecular weight is 393 g/mol. The molecule has 8 nitrogen and oxygen atoms in total. The highest BCUT2D eigenvalue weighted by Crippen LogP contribution is 2.23. The van der Waals surface area contributed by atoms with E-state index < -0.39 is 11.7 Å². The number of hydrogen-bond acceptors (Lipinski definition) is 5. The minimum absolute atomic E-state index is 0.141. The molecule has 2 N–H and O–H groups in total. The molecule has 4 aromatic rings. The van der Waals surface area contributed by atoms with Gasteiger partial charge in [0.2, 0.25) is 0 Å². The number of carbonyl (C=O) groups excluding carboxylic acids is 1. The molecule has 9 heteroatoms. The summed E-state index contributed by atoms with van der Waals surface area (Å²) in [6, 6.07) is 11.2. The number of amides is 1. The van der Waals surface area contributed by atoms with Gasteiger partial charge in [-0.2, -0.15) is 4.68 Å². The van der Waals surface area contributed by atoms with Crippen molar-refractivity contribution >= 4 is 16.9 Å². The topological polar surface area (TPSA) is 101 Å². The molecule has 2 aromatic carbocycles. The molecule has 4 rings (SSSR count). The molecule has 0 saturated heterocycles. The first kappa shape index (κ1) is 18.7. The smallest absolute Gasteiger partial charge is 0.254 e. The molecule has 1 atom stereocenters. The van der Waals surface area contributed by atoms with Crippen LogP contribution in [0.15, 0.2) is 48.8 Å². The second-order valence-electron chi connectivity index (χ2n) is 7.21. The maximum absolute atomic E-state index is 13.9. The van der Waals surface area contributed by atoms with Crippen LogP contribution in [0.4, 0.5) is 4.39 Å². The van der Waals surface area contributed by atoms with Crippen LogP contribution in [0.1, 0.15) is 42.5 Å². The summed E-state index contributed by atoms with van der Waals surface area (Å²) >= 11 is 0. The zero-order valence-corrected chi connectivity index (χ0v) is 16.0. The van der Waals surface area contributed by atoms with Gasteiger partial charge < -0.3 is 10.3 Å². The molecule has 0 aliphatic rings. The molecule has 0 aliphatic heterocycles. The first-order valence-electron chi connectivity index (χ1n) is 9.29. The predicted octanol–water partition coefficient (Wildman–Crippen LogP) is 3.19. The van der Waals surface area contributed by atoms with Crippen molar-refractivity contribution in [2.24, 2.45) is 5.92 Å². The lowest BCUT2D eigenvalue weighted by Gasteiger charge is -2.19. The van der Waals surface area contributed by atoms with Gasteiger partial charge in [0.15, 0.2) is 0 Å². The Morgan fingerprint density at radius 2 is 2.07 bits per heavy atom. The monoisotopic (exact) mass is 393 g/mol. The molecule has 29 heavy (non-hydrogen) atoms. The third-order valence-electron chi connectivity index (χ3n) is 4.55. The van der Waals surface area contributed by atoms with Gasteiger partial charge in [-0.15, -0.1) is 5.10 Å². The molecule has 148 valence electrons. The second kappa shape index (κ2) is 7.78. The highest BCUT2D eigenvalue weighted by molar-refractivity contribution is 5.98. The van der Waals surface area contributed by atoms with E-state index in [0.717, 1.165) is 11.0 Å². The van der Waals surface area contributed by atoms with Gasteiger partial charge in [-0.3, -0.25) is 4.79 Å². The fraction of sp³-hybridized carbons (Fsp3) is 0.250. The summed E-state index contributed by atoms with van der Waals surface area (Å²) in [6.07, 6.45) is 2.02. The van der Waals surface area contributed by atoms with Crippen LogP contribution in [0.3, 0.4) is 0 Å². The number of H-pyrrole nitrogens is 1. The molecule has 0 fully saturated rings. The number of carbonyl (C=O) groups is 1. The van der Waals surface area contributed by atoms with Gasteiger partial charge in [0, 0.05) is 0 Å². The summed E-state index contributed by atoms with van der Waals surface area (Å²) in [5, 5.41) is 14.0. The number of rotatable bonds is 6. The molecule has 0 spiro atoms. The molecule has 1 unspecified atom stereocenters. The van der Waals surface area contributed by atoms with Crippen LogP contribution < -0.4 is 5.32 Å². The summed E-state index contributed by atoms with van der Waals surface area (Å²) in [5.41, 5.74) is 2.25. The van der Waals surface area contributed by atoms with Gasteiger partial charge in [-0.05, 0) is 53.1 Å². The van der Waals surface area contributed by atoms with Gasteiger partial charge in [0.25, 0.3) is 5.91 Å². The summed E-state index contributed by atoms with van der Waals surface area (Å²) in [4.78, 5) is 21.0. The highest BCUT2D eigenvalue weighted by atomic mass is 19.1. The van der Waals surface area contributed by atoms with Gasteiger partial charge in [0.05, 0.1) is 28.3 Å². The van der Waals surface area contributed by atoms with E-state index in [2.05, 4.69) is 44.7 Å². The van der Waals surface area contributed by atoms with E-state index in [1.54, 1.807) is 0 Å². The number of nitrogens with one attached hydrogen (secondary N) is 2. The number of imidazole rings is 1. The van der Waals surface area contributed by atoms with Crippen LogP contribution in [0, 0.1) is 11.7 Å². The number of fused-ring (bicyclic) bond motifs is 1. The van der Waals surface area contributed by atoms with Gasteiger partial charge >= 0.3 is 0 Å². The van der Waals surface area contributed by atoms with Crippen LogP contribution in [-0.2, 0) is 0 Å². The summed E-state index contributed by atoms with van der Waals surface area (Å²) in [6.45, 7) is 4.13. The minimum atomic E-state index is -0.517. The van der Waals surface area contributed by atoms with Gasteiger partial charge in [-0.25, -0.2) is 9.37 Å². The SMILES string of the molecule is CC(C)CC(NC(=O)c1cc(F)ccc1-n1cnnn1)c1nc2ccccc2[nH]1. The zero-order valence-electron chi connectivity index (χ0n) is 16.0. The minimum Gasteiger partial charge on any atom is -0.342 e. The van der Waals surface area contributed by atoms with Crippen molar-refractivity contribution in [1.82, 2.24) is 35.5 Å². The lowest BCUT2D eigenvalue weighted by atomic mass is 10.0. The summed E-state index contributed by atoms with van der Waals surface area (Å²) in [5.74, 6) is 0.0193. The maximum atomic E-state index is 13.9. The molecule has 0 saturated carbocycles. The Morgan fingerprint density at radius 3 is 2.79 bits per heavy atom. The molecule has 2 aromatic heterocycles. The molecular formula is C20H20FN7O. The van der Waals surface area contributed by atoms with Crippen LogP contribution in [0.2, 0.25) is 0 Å². The van der Waals surface area contributed by atoms with E-state index in [4.69, 9.17) is 0 Å². The quantitative estimate of drug-likeness (QED) is 0.524. The van der Waals surface area contributed by atoms with Crippen molar-refractivity contribution in [3.8, 4) is 5.69 Å². The van der Waals surface area contributed by atoms with E-state index in [9.17, 15) is 9.18 Å². The van der Waals surface area contributed by atoms with Crippen LogP contribution in [-0.4, -0.2) is 36.1 Å². The first-order chi connectivity index (χ1) is 14.0. The number of benzene rings is 2. The van der Waals surface area contributed by atoms with Crippen molar-refractivity contribution in [2.45, 2.75) is 26.3 Å². The normalized spacial score (nSPS) is 12.4. The summed E-state index contributed by atoms with van der Waals surface area (Å²) in [7, 11) is 0. The number of tetrazole rings is 1. The van der Waals surface area contributed by atoms with Gasteiger partial charge in [0.1, 0.15) is 18.0 Å². The van der Waals surface area contributed by atoms with Crippen molar-refractivity contribution in [3.05, 3.63) is 66.0 Å². The number of para-hydroxylation sites is 2. The Bertz CT molecular complexity index is 1100. The predicted molar refractivity (Wildman–Crippen MR) is 105 cm³/mol. The fourth-order valence-corrected chi connectivity index (χ4v) is 3.25. The molecule has 2 heterocycles. The largest absolute Gasteiger partial charge is 0.342 e. The molecule has 0 radical (unpaired) electrons. The number of aromatic amines is 1. The van der Waals surface area contributed by atoms with Crippen molar-refractivity contribution in [1.29, 1.82) is 0 Å². The fourth-order valence-electron chi connectivity index (χ4n) is 3.25. The third kappa shape index (κ3) is 3.98. The molecular weight excluding hydrogens is 373 g/mol. The Balaban J connectivity index is 1.68. The Kier molecular flexibility index (Phi) is 5.03. The number of halogens is 1. The van der Waals surface area contributed by atoms with E-state index in [1.807, 2.05) is 24.3 Å². The van der Waals surface area contributed by atoms with Crippen LogP contribution in [0.25, 0.3) is 16.7 Å². The number of nitrogens with zero attached hydrogens (tertiary/aromatic N) is 5. The Hall–Kier alpha value is -3.62. The second-order valence-corrected chi connectivity index (χ2v) is 7.21. The van der Waals surface area contributed by atoms with Crippen molar-refractivity contribution in [3.63, 3.8) is 0 Å². The van der Waals surface area contributed by atoms with Gasteiger partial charge in [-0.1, -0.05) is 26.0 Å². The Labute approximate surface area is 166 Å². The molecule has 0 aliphatic carbocycles. The summed E-state index contributed by atoms with van der Waals surface area (Å²) < 4.78 is 15.2. The maximum Gasteiger partial charge on any atom is 0.254 e. The zero-order chi connectivity index (χ0) is 20.4. The van der Waals surface area contributed by atoms with Crippen LogP contribution in [0.5, 0.6) is 0 Å². The van der Waals surface area contributed by atoms with Crippen LogP contribution >= 0.6 is 0 Å². The number of aromatic nitrogens is 6. The van der Waals surface area contributed by atoms with E-state index in [-0.39, 0.29) is 11.6 Å². The van der Waals surface area contributed by atoms with E-state index in [0.29, 0.717) is 23.9 Å². The van der Waals surface area contributed by atoms with Crippen molar-refractivity contribution in [2.75, 3.05) is 0 Å². The average Bonchev–Trinajstić information content (AvgIpc) is 3.36. The van der Waals surface area contributed by atoms with E-state index >= 15 is 0 Å². The Morgan fingerprint density at radius 1 is 1.24 bits per heavy atom.